The fourth-order valence-electron chi connectivity index (χ4n) is 3.08. The van der Waals surface area contributed by atoms with E-state index in [1.54, 1.807) is 23.1 Å². The van der Waals surface area contributed by atoms with Crippen LogP contribution in [0.1, 0.15) is 37.0 Å². The van der Waals surface area contributed by atoms with Crippen molar-refractivity contribution < 1.29 is 14.0 Å². The normalized spacial score (nSPS) is 13.3. The van der Waals surface area contributed by atoms with E-state index < -0.39 is 0 Å². The second-order valence-corrected chi connectivity index (χ2v) is 7.24. The summed E-state index contributed by atoms with van der Waals surface area (Å²) in [5, 5.41) is 11.7. The first-order valence-corrected chi connectivity index (χ1v) is 9.41. The first-order valence-electron chi connectivity index (χ1n) is 8.53. The highest BCUT2D eigenvalue weighted by molar-refractivity contribution is 7.12. The Hall–Kier alpha value is -3.00. The molecule has 1 aliphatic rings. The van der Waals surface area contributed by atoms with Gasteiger partial charge in [0, 0.05) is 30.8 Å². The number of H-pyrrole nitrogens is 1. The molecule has 0 unspecified atom stereocenters. The minimum absolute atomic E-state index is 0.0329. The molecule has 0 bridgehead atoms. The van der Waals surface area contributed by atoms with Crippen molar-refractivity contribution in [1.29, 1.82) is 0 Å². The number of carbonyl (C=O) groups excluding carboxylic acids is 2. The Balaban J connectivity index is 1.46. The summed E-state index contributed by atoms with van der Waals surface area (Å²) in [5.41, 5.74) is 2.74. The van der Waals surface area contributed by atoms with E-state index in [4.69, 9.17) is 0 Å². The van der Waals surface area contributed by atoms with Gasteiger partial charge in [0.05, 0.1) is 11.4 Å². The van der Waals surface area contributed by atoms with Gasteiger partial charge in [-0.3, -0.25) is 14.7 Å². The Morgan fingerprint density at radius 2 is 2.07 bits per heavy atom. The molecule has 8 heteroatoms. The number of nitrogens with one attached hydrogen (secondary N) is 2. The first-order chi connectivity index (χ1) is 13.1. The molecule has 1 aliphatic heterocycles. The fraction of sp³-hybridized carbons (Fsp3) is 0.211. The van der Waals surface area contributed by atoms with Crippen molar-refractivity contribution in [2.24, 2.45) is 0 Å². The number of benzene rings is 1. The van der Waals surface area contributed by atoms with Crippen LogP contribution in [0.3, 0.4) is 0 Å². The molecule has 0 saturated carbocycles. The Kier molecular flexibility index (Phi) is 4.72. The van der Waals surface area contributed by atoms with E-state index >= 15 is 0 Å². The van der Waals surface area contributed by atoms with E-state index in [9.17, 15) is 14.0 Å². The molecule has 3 aromatic rings. The lowest BCUT2D eigenvalue weighted by Gasteiger charge is -2.26. The smallest absolute Gasteiger partial charge is 0.272 e. The van der Waals surface area contributed by atoms with Gasteiger partial charge in [-0.15, -0.1) is 11.3 Å². The van der Waals surface area contributed by atoms with Crippen LogP contribution in [0.5, 0.6) is 0 Å². The second kappa shape index (κ2) is 7.32. The highest BCUT2D eigenvalue weighted by Crippen LogP contribution is 2.23. The van der Waals surface area contributed by atoms with Crippen LogP contribution in [0.25, 0.3) is 0 Å². The average molecular weight is 384 g/mol. The number of aromatic amines is 1. The minimum Gasteiger partial charge on any atom is -0.347 e. The van der Waals surface area contributed by atoms with Gasteiger partial charge in [-0.05, 0) is 29.1 Å². The largest absolute Gasteiger partial charge is 0.347 e. The van der Waals surface area contributed by atoms with Gasteiger partial charge in [0.1, 0.15) is 5.82 Å². The third kappa shape index (κ3) is 3.61. The molecule has 6 nitrogen and oxygen atoms in total. The summed E-state index contributed by atoms with van der Waals surface area (Å²) in [7, 11) is 0. The van der Waals surface area contributed by atoms with E-state index in [0.29, 0.717) is 30.1 Å². The fourth-order valence-corrected chi connectivity index (χ4v) is 3.77. The van der Waals surface area contributed by atoms with E-state index in [1.165, 1.54) is 23.5 Å². The lowest BCUT2D eigenvalue weighted by Crippen LogP contribution is -2.36. The van der Waals surface area contributed by atoms with Gasteiger partial charge in [0.15, 0.2) is 5.69 Å². The molecule has 2 aromatic heterocycles. The van der Waals surface area contributed by atoms with E-state index in [1.807, 2.05) is 11.4 Å². The Labute approximate surface area is 159 Å². The summed E-state index contributed by atoms with van der Waals surface area (Å²) < 4.78 is 13.0. The van der Waals surface area contributed by atoms with Gasteiger partial charge in [-0.2, -0.15) is 5.10 Å². The highest BCUT2D eigenvalue weighted by atomic mass is 32.1. The summed E-state index contributed by atoms with van der Waals surface area (Å²) in [6, 6.07) is 9.60. The zero-order valence-corrected chi connectivity index (χ0v) is 15.2. The van der Waals surface area contributed by atoms with Gasteiger partial charge in [0.25, 0.3) is 11.8 Å². The zero-order chi connectivity index (χ0) is 18.8. The number of amides is 2. The molecule has 2 amide bonds. The Morgan fingerprint density at radius 3 is 2.81 bits per heavy atom. The van der Waals surface area contributed by atoms with Crippen molar-refractivity contribution in [2.45, 2.75) is 19.5 Å². The molecule has 0 saturated heterocycles. The molecule has 0 aliphatic carbocycles. The van der Waals surface area contributed by atoms with Crippen LogP contribution in [0.4, 0.5) is 4.39 Å². The monoisotopic (exact) mass is 384 g/mol. The molecule has 1 aromatic carbocycles. The van der Waals surface area contributed by atoms with Crippen molar-refractivity contribution in [3.8, 4) is 0 Å². The summed E-state index contributed by atoms with van der Waals surface area (Å²) in [5.74, 6) is -0.668. The number of carbonyl (C=O) groups is 2. The first kappa shape index (κ1) is 17.4. The number of hydrogen-bond donors (Lipinski definition) is 2. The van der Waals surface area contributed by atoms with E-state index in [2.05, 4.69) is 15.5 Å². The van der Waals surface area contributed by atoms with Crippen LogP contribution >= 0.6 is 11.3 Å². The summed E-state index contributed by atoms with van der Waals surface area (Å²) in [4.78, 5) is 27.6. The van der Waals surface area contributed by atoms with Crippen molar-refractivity contribution >= 4 is 23.2 Å². The van der Waals surface area contributed by atoms with Gasteiger partial charge in [0.2, 0.25) is 0 Å². The second-order valence-electron chi connectivity index (χ2n) is 6.29. The number of rotatable bonds is 4. The third-order valence-corrected chi connectivity index (χ3v) is 5.39. The highest BCUT2D eigenvalue weighted by Gasteiger charge is 2.28. The van der Waals surface area contributed by atoms with Crippen LogP contribution in [-0.2, 0) is 19.5 Å². The molecule has 2 N–H and O–H groups in total. The van der Waals surface area contributed by atoms with Gasteiger partial charge < -0.3 is 10.2 Å². The van der Waals surface area contributed by atoms with Gasteiger partial charge >= 0.3 is 0 Å². The van der Waals surface area contributed by atoms with Crippen LogP contribution in [0, 0.1) is 5.82 Å². The van der Waals surface area contributed by atoms with Crippen LogP contribution in [0.15, 0.2) is 41.8 Å². The van der Waals surface area contributed by atoms with Crippen molar-refractivity contribution in [1.82, 2.24) is 20.4 Å². The maximum Gasteiger partial charge on any atom is 0.272 e. The molecule has 0 atom stereocenters. The maximum absolute atomic E-state index is 13.0. The molecule has 0 radical (unpaired) electrons. The number of fused-ring (bicyclic) bond motifs is 1. The van der Waals surface area contributed by atoms with E-state index in [0.717, 1.165) is 16.8 Å². The predicted molar refractivity (Wildman–Crippen MR) is 98.9 cm³/mol. The quantitative estimate of drug-likeness (QED) is 0.726. The lowest BCUT2D eigenvalue weighted by atomic mass is 10.0. The zero-order valence-electron chi connectivity index (χ0n) is 14.4. The van der Waals surface area contributed by atoms with Gasteiger partial charge in [-0.25, -0.2) is 4.39 Å². The summed E-state index contributed by atoms with van der Waals surface area (Å²) >= 11 is 1.40. The molecule has 27 heavy (non-hydrogen) atoms. The lowest BCUT2D eigenvalue weighted by molar-refractivity contribution is 0.0736. The minimum atomic E-state index is -0.318. The van der Waals surface area contributed by atoms with Crippen LogP contribution in [-0.4, -0.2) is 33.5 Å². The van der Waals surface area contributed by atoms with Crippen LogP contribution < -0.4 is 5.32 Å². The number of aromatic nitrogens is 2. The number of halogens is 1. The van der Waals surface area contributed by atoms with Crippen molar-refractivity contribution in [3.05, 3.63) is 75.0 Å². The summed E-state index contributed by atoms with van der Waals surface area (Å²) in [6.45, 7) is 1.21. The van der Waals surface area contributed by atoms with Crippen LogP contribution in [0.2, 0.25) is 0 Å². The number of hydrogen-bond acceptors (Lipinski definition) is 4. The number of nitrogens with zero attached hydrogens (tertiary/aromatic N) is 2. The molecule has 0 fully saturated rings. The topological polar surface area (TPSA) is 78.1 Å². The van der Waals surface area contributed by atoms with Gasteiger partial charge in [-0.1, -0.05) is 18.2 Å². The summed E-state index contributed by atoms with van der Waals surface area (Å²) in [6.07, 6.45) is 0.630. The Morgan fingerprint density at radius 1 is 1.26 bits per heavy atom. The standard InChI is InChI=1S/C19H17FN4O2S/c20-13-5-3-12(4-6-13)10-21-18(25)17-14-11-24(8-7-15(14)22-23-17)19(26)16-2-1-9-27-16/h1-6,9H,7-8,10-11H2,(H,21,25)(H,22,23). The predicted octanol–water partition coefficient (Wildman–Crippen LogP) is 2.74. The average Bonchev–Trinajstić information content (AvgIpc) is 3.36. The van der Waals surface area contributed by atoms with E-state index in [-0.39, 0.29) is 24.2 Å². The molecular formula is C19H17FN4O2S. The third-order valence-electron chi connectivity index (χ3n) is 4.53. The molecule has 138 valence electrons. The molecular weight excluding hydrogens is 367 g/mol. The SMILES string of the molecule is O=C(NCc1ccc(F)cc1)c1n[nH]c2c1CN(C(=O)c1cccs1)CC2. The van der Waals surface area contributed by atoms with Crippen molar-refractivity contribution in [2.75, 3.05) is 6.54 Å². The molecule has 3 heterocycles. The molecule has 0 spiro atoms. The number of thiophene rings is 1. The molecule has 4 rings (SSSR count). The maximum atomic E-state index is 13.0. The Bertz CT molecular complexity index is 966. The van der Waals surface area contributed by atoms with Crippen molar-refractivity contribution in [3.63, 3.8) is 0 Å².